The van der Waals surface area contributed by atoms with E-state index < -0.39 is 71.6 Å². The average Bonchev–Trinajstić information content (AvgIpc) is 2.91. The standard InChI is InChI=1S/C35H66O9SSi3/c1-25-20-22-26(23-21-25)45(37,38)40-24-18-19-27-28(42-46(12,13)33(2,3)4)29(43-47(14,15)34(5,6)7)30(31(41-27)32(36)39-11)44-48(16,17)35(8,9)10/h20-23,27-31H,18-19,24H2,1-17H3/t27-,28-,29+,30-,31-/m0/s1. The lowest BCUT2D eigenvalue weighted by molar-refractivity contribution is -0.220. The molecule has 1 saturated heterocycles. The molecule has 1 fully saturated rings. The number of carbonyl (C=O) groups is 1. The van der Waals surface area contributed by atoms with Crippen LogP contribution in [-0.2, 0) is 41.8 Å². The molecule has 278 valence electrons. The van der Waals surface area contributed by atoms with Crippen LogP contribution in [0.3, 0.4) is 0 Å². The molecule has 0 amide bonds. The molecule has 1 heterocycles. The summed E-state index contributed by atoms with van der Waals surface area (Å²) in [6.07, 6.45) is -2.92. The maximum atomic E-state index is 13.6. The SMILES string of the molecule is COC(=O)[C@H]1O[C@@H](CCCOS(=O)(=O)c2ccc(C)cc2)[C@H](O[Si](C)(C)C(C)(C)C)[C@@H](O[Si](C)(C)C(C)(C)C)[C@@H]1O[Si](C)(C)C(C)(C)C. The molecule has 2 rings (SSSR count). The number of hydrogen-bond acceptors (Lipinski definition) is 9. The van der Waals surface area contributed by atoms with Crippen LogP contribution in [0.15, 0.2) is 29.2 Å². The van der Waals surface area contributed by atoms with Crippen molar-refractivity contribution < 1.29 is 40.1 Å². The number of rotatable bonds is 13. The Morgan fingerprint density at radius 3 is 1.56 bits per heavy atom. The van der Waals surface area contributed by atoms with E-state index in [1.54, 1.807) is 24.3 Å². The minimum absolute atomic E-state index is 0.0522. The molecule has 0 bridgehead atoms. The smallest absolute Gasteiger partial charge is 0.337 e. The van der Waals surface area contributed by atoms with Gasteiger partial charge in [0.25, 0.3) is 10.1 Å². The van der Waals surface area contributed by atoms with Gasteiger partial charge in [0.05, 0.1) is 30.8 Å². The maximum absolute atomic E-state index is 13.6. The number of benzene rings is 1. The van der Waals surface area contributed by atoms with Crippen LogP contribution < -0.4 is 0 Å². The summed E-state index contributed by atoms with van der Waals surface area (Å²) in [4.78, 5) is 13.7. The molecule has 0 radical (unpaired) electrons. The van der Waals surface area contributed by atoms with Crippen LogP contribution >= 0.6 is 0 Å². The first-order valence-electron chi connectivity index (χ1n) is 17.2. The Kier molecular flexibility index (Phi) is 13.8. The number of esters is 1. The fourth-order valence-electron chi connectivity index (χ4n) is 4.64. The topological polar surface area (TPSA) is 107 Å². The molecule has 1 aliphatic rings. The molecule has 0 aromatic heterocycles. The summed E-state index contributed by atoms with van der Waals surface area (Å²) in [6, 6.07) is 6.58. The second-order valence-electron chi connectivity index (χ2n) is 17.9. The third-order valence-corrected chi connectivity index (χ3v) is 25.7. The fourth-order valence-corrected chi connectivity index (χ4v) is 9.49. The van der Waals surface area contributed by atoms with Crippen molar-refractivity contribution in [3.05, 3.63) is 29.8 Å². The summed E-state index contributed by atoms with van der Waals surface area (Å²) in [5.74, 6) is -0.531. The number of hydrogen-bond donors (Lipinski definition) is 0. The van der Waals surface area contributed by atoms with Gasteiger partial charge in [0.15, 0.2) is 31.1 Å². The van der Waals surface area contributed by atoms with E-state index >= 15 is 0 Å². The number of aryl methyl sites for hydroxylation is 1. The molecule has 0 N–H and O–H groups in total. The van der Waals surface area contributed by atoms with Gasteiger partial charge in [-0.15, -0.1) is 0 Å². The first kappa shape index (κ1) is 43.3. The highest BCUT2D eigenvalue weighted by molar-refractivity contribution is 7.86. The van der Waals surface area contributed by atoms with Crippen molar-refractivity contribution in [2.45, 2.75) is 172 Å². The van der Waals surface area contributed by atoms with E-state index in [4.69, 9.17) is 26.9 Å². The first-order valence-corrected chi connectivity index (χ1v) is 27.3. The van der Waals surface area contributed by atoms with Crippen LogP contribution in [0.25, 0.3) is 0 Å². The van der Waals surface area contributed by atoms with E-state index in [0.717, 1.165) is 5.56 Å². The summed E-state index contributed by atoms with van der Waals surface area (Å²) in [5.41, 5.74) is 0.960. The summed E-state index contributed by atoms with van der Waals surface area (Å²) in [6.45, 7) is 34.6. The third kappa shape index (κ3) is 10.6. The van der Waals surface area contributed by atoms with Crippen molar-refractivity contribution in [2.75, 3.05) is 13.7 Å². The predicted molar refractivity (Wildman–Crippen MR) is 200 cm³/mol. The summed E-state index contributed by atoms with van der Waals surface area (Å²) in [5, 5.41) is -0.413. The van der Waals surface area contributed by atoms with Crippen molar-refractivity contribution in [1.29, 1.82) is 0 Å². The molecule has 48 heavy (non-hydrogen) atoms. The largest absolute Gasteiger partial charge is 0.467 e. The van der Waals surface area contributed by atoms with Crippen LogP contribution in [0.4, 0.5) is 0 Å². The van der Waals surface area contributed by atoms with Crippen molar-refractivity contribution in [2.24, 2.45) is 0 Å². The molecule has 0 aliphatic carbocycles. The van der Waals surface area contributed by atoms with Crippen LogP contribution in [-0.4, -0.2) is 83.6 Å². The van der Waals surface area contributed by atoms with E-state index in [1.165, 1.54) is 7.11 Å². The van der Waals surface area contributed by atoms with E-state index in [-0.39, 0.29) is 26.6 Å². The Morgan fingerprint density at radius 2 is 1.15 bits per heavy atom. The number of ether oxygens (including phenoxy) is 2. The van der Waals surface area contributed by atoms with Gasteiger partial charge in [-0.05, 0) is 86.3 Å². The van der Waals surface area contributed by atoms with Crippen molar-refractivity contribution in [3.8, 4) is 0 Å². The van der Waals surface area contributed by atoms with Gasteiger partial charge < -0.3 is 22.8 Å². The minimum Gasteiger partial charge on any atom is -0.467 e. The molecule has 5 atom stereocenters. The Labute approximate surface area is 295 Å². The van der Waals surface area contributed by atoms with Gasteiger partial charge in [0.1, 0.15) is 12.2 Å². The molecule has 0 spiro atoms. The molecule has 13 heteroatoms. The van der Waals surface area contributed by atoms with Crippen LogP contribution in [0, 0.1) is 6.92 Å². The predicted octanol–water partition coefficient (Wildman–Crippen LogP) is 8.59. The zero-order valence-corrected chi connectivity index (χ0v) is 36.7. The van der Waals surface area contributed by atoms with E-state index in [2.05, 4.69) is 102 Å². The number of methoxy groups -OCH3 is 1. The van der Waals surface area contributed by atoms with Crippen molar-refractivity contribution in [1.82, 2.24) is 0 Å². The Balaban J connectivity index is 2.64. The minimum atomic E-state index is -3.94. The van der Waals surface area contributed by atoms with Crippen molar-refractivity contribution in [3.63, 3.8) is 0 Å². The lowest BCUT2D eigenvalue weighted by Gasteiger charge is -2.54. The quantitative estimate of drug-likeness (QED) is 0.0849. The van der Waals surface area contributed by atoms with Gasteiger partial charge >= 0.3 is 5.97 Å². The highest BCUT2D eigenvalue weighted by atomic mass is 32.2. The second kappa shape index (κ2) is 15.4. The first-order chi connectivity index (χ1) is 21.5. The summed E-state index contributed by atoms with van der Waals surface area (Å²) in [7, 11) is -9.96. The molecule has 9 nitrogen and oxygen atoms in total. The van der Waals surface area contributed by atoms with Crippen molar-refractivity contribution >= 4 is 41.0 Å². The fraction of sp³-hybridized carbons (Fsp3) is 0.800. The van der Waals surface area contributed by atoms with Gasteiger partial charge in [-0.2, -0.15) is 8.42 Å². The van der Waals surface area contributed by atoms with E-state index in [9.17, 15) is 13.2 Å². The van der Waals surface area contributed by atoms with E-state index in [1.807, 2.05) is 6.92 Å². The lowest BCUT2D eigenvalue weighted by Crippen LogP contribution is -2.68. The van der Waals surface area contributed by atoms with E-state index in [0.29, 0.717) is 12.8 Å². The third-order valence-electron chi connectivity index (χ3n) is 11.0. The zero-order chi connectivity index (χ0) is 37.3. The Morgan fingerprint density at radius 1 is 0.729 bits per heavy atom. The zero-order valence-electron chi connectivity index (χ0n) is 32.9. The Hall–Kier alpha value is -0.909. The van der Waals surface area contributed by atoms with Gasteiger partial charge in [-0.25, -0.2) is 4.79 Å². The summed E-state index contributed by atoms with van der Waals surface area (Å²) >= 11 is 0. The molecule has 1 aliphatic heterocycles. The number of carbonyl (C=O) groups excluding carboxylic acids is 1. The van der Waals surface area contributed by atoms with Crippen LogP contribution in [0.5, 0.6) is 0 Å². The lowest BCUT2D eigenvalue weighted by atomic mass is 9.92. The highest BCUT2D eigenvalue weighted by Gasteiger charge is 2.57. The normalized spacial score (nSPS) is 23.6. The second-order valence-corrected chi connectivity index (χ2v) is 33.8. The van der Waals surface area contributed by atoms with Crippen LogP contribution in [0.2, 0.25) is 54.4 Å². The van der Waals surface area contributed by atoms with Gasteiger partial charge in [-0.3, -0.25) is 4.18 Å². The highest BCUT2D eigenvalue weighted by Crippen LogP contribution is 2.46. The van der Waals surface area contributed by atoms with Gasteiger partial charge in [-0.1, -0.05) is 80.0 Å². The monoisotopic (exact) mass is 746 g/mol. The Bertz CT molecular complexity index is 1320. The molecular formula is C35H66O9SSi3. The van der Waals surface area contributed by atoms with Gasteiger partial charge in [0.2, 0.25) is 0 Å². The molecule has 0 unspecified atom stereocenters. The van der Waals surface area contributed by atoms with Gasteiger partial charge in [0, 0.05) is 0 Å². The average molecular weight is 747 g/mol. The molecule has 1 aromatic rings. The molecular weight excluding hydrogens is 681 g/mol. The maximum Gasteiger partial charge on any atom is 0.337 e. The summed E-state index contributed by atoms with van der Waals surface area (Å²) < 4.78 is 65.0. The van der Waals surface area contributed by atoms with Crippen LogP contribution in [0.1, 0.15) is 80.7 Å². The molecule has 1 aromatic carbocycles. The molecule has 0 saturated carbocycles.